The quantitative estimate of drug-likeness (QED) is 0.0132. The number of ether oxygens (including phenoxy) is 5. The highest BCUT2D eigenvalue weighted by Gasteiger charge is 2.65. The summed E-state index contributed by atoms with van der Waals surface area (Å²) in [6, 6.07) is 10.9. The lowest BCUT2D eigenvalue weighted by atomic mass is 9.83. The second-order valence-corrected chi connectivity index (χ2v) is 37.8. The smallest absolute Gasteiger partial charge is 0.409 e. The molecule has 0 saturated carbocycles. The summed E-state index contributed by atoms with van der Waals surface area (Å²) in [6.45, 7) is 11.7. The zero-order valence-electron chi connectivity index (χ0n) is 73.8. The van der Waals surface area contributed by atoms with Crippen LogP contribution < -0.4 is 73.9 Å². The summed E-state index contributed by atoms with van der Waals surface area (Å²) >= 11 is 6.91. The number of aromatic nitrogens is 1. The number of fused-ring (bicyclic) bond motifs is 6. The highest BCUT2D eigenvalue weighted by Crippen LogP contribution is 2.50. The van der Waals surface area contributed by atoms with Gasteiger partial charge >= 0.3 is 18.1 Å². The van der Waals surface area contributed by atoms with E-state index in [0.29, 0.717) is 46.0 Å². The van der Waals surface area contributed by atoms with E-state index in [1.807, 2.05) is 13.0 Å². The summed E-state index contributed by atoms with van der Waals surface area (Å²) in [6.07, 6.45) is -0.499. The third-order valence-corrected chi connectivity index (χ3v) is 27.9. The first-order valence-electron chi connectivity index (χ1n) is 42.6. The maximum absolute atomic E-state index is 15.3. The largest absolute Gasteiger partial charge is 0.508 e. The average molecular weight is 1890 g/mol. The van der Waals surface area contributed by atoms with E-state index in [-0.39, 0.29) is 110 Å². The van der Waals surface area contributed by atoms with Crippen molar-refractivity contribution >= 4 is 149 Å². The van der Waals surface area contributed by atoms with Crippen molar-refractivity contribution in [3.05, 3.63) is 148 Å². The number of nitrogens with zero attached hydrogens (tertiary/aromatic N) is 2. The fourth-order valence-corrected chi connectivity index (χ4v) is 19.8. The van der Waals surface area contributed by atoms with E-state index < -0.39 is 186 Å². The van der Waals surface area contributed by atoms with Gasteiger partial charge in [-0.15, -0.1) is 0 Å². The SMILES string of the molecule is CCNC(=O)N[C@H](Cc1ccccc1)C(=O)N[C@H]1CSSC[C@@H](C(=O)N[C@@H](CSSCCC(=O)N(C)[C@@H](C)C(=O)O[C@H]2CC(=O)N(C)c3cc(cc(OC)c3Cl)C/C(C)=C/C=C/[C@@H](OC)[C@@]3(O)C[C@H](OC(=O)N3)[C@@H](C)[C@@H]3O[C@@]23C)C(=O)NCC)NC(=O)[C@H]([C@@H](C)O)NC(=O)[C@H](CCCCN)NC(=O)[C@@H](Cc2c[nH]c3ccccc23)NC(=O)[C@H](Cc2ccc(O)cc2)NC1=O. The number of para-hydroxylation sites is 1. The number of rotatable bonds is 30. The predicted molar refractivity (Wildman–Crippen MR) is 492 cm³/mol. The lowest BCUT2D eigenvalue weighted by molar-refractivity contribution is -0.162. The van der Waals surface area contributed by atoms with Crippen LogP contribution in [0.4, 0.5) is 15.3 Å². The molecule has 17 atom stereocenters. The second kappa shape index (κ2) is 48.6. The number of benzene rings is 4. The van der Waals surface area contributed by atoms with Crippen molar-refractivity contribution in [3.8, 4) is 11.5 Å². The molecule has 4 aliphatic heterocycles. The van der Waals surface area contributed by atoms with Crippen LogP contribution in [0.5, 0.6) is 11.5 Å². The van der Waals surface area contributed by atoms with Gasteiger partial charge in [0.05, 0.1) is 31.4 Å². The van der Waals surface area contributed by atoms with Crippen LogP contribution >= 0.6 is 54.8 Å². The molecule has 4 bridgehead atoms. The number of phenols is 1. The molecule has 41 heteroatoms. The molecule has 1 aromatic heterocycles. The number of esters is 1. The first-order valence-corrected chi connectivity index (χ1v) is 47.9. The number of allylic oxidation sites excluding steroid dienone is 3. The van der Waals surface area contributed by atoms with Crippen molar-refractivity contribution in [1.82, 2.24) is 68.4 Å². The fraction of sp³-hybridized carbons (Fsp3) is 0.511. The molecule has 13 amide bonds. The van der Waals surface area contributed by atoms with Gasteiger partial charge in [-0.1, -0.05) is 146 Å². The number of methoxy groups -OCH3 is 2. The molecule has 0 radical (unpaired) electrons. The number of H-pyrrole nitrogens is 1. The van der Waals surface area contributed by atoms with E-state index >= 15 is 19.2 Å². The number of amides is 13. The molecular weight excluding hydrogens is 1770 g/mol. The minimum Gasteiger partial charge on any atom is -0.508 e. The first-order chi connectivity index (χ1) is 61.5. The Morgan fingerprint density at radius 3 is 2.16 bits per heavy atom. The van der Waals surface area contributed by atoms with Gasteiger partial charge in [0.25, 0.3) is 0 Å². The van der Waals surface area contributed by atoms with Gasteiger partial charge in [0.2, 0.25) is 59.1 Å². The highest BCUT2D eigenvalue weighted by molar-refractivity contribution is 8.77. The van der Waals surface area contributed by atoms with Crippen LogP contribution in [0.1, 0.15) is 109 Å². The number of nitrogens with two attached hydrogens (primary N) is 1. The minimum absolute atomic E-state index is 0.0568. The van der Waals surface area contributed by atoms with Gasteiger partial charge in [-0.25, -0.2) is 14.4 Å². The van der Waals surface area contributed by atoms with Gasteiger partial charge < -0.3 is 113 Å². The van der Waals surface area contributed by atoms with Crippen LogP contribution in [0.2, 0.25) is 5.02 Å². The van der Waals surface area contributed by atoms with E-state index in [2.05, 4.69) is 63.5 Å². The van der Waals surface area contributed by atoms with Crippen LogP contribution in [-0.4, -0.2) is 270 Å². The molecule has 3 saturated heterocycles. The Labute approximate surface area is 769 Å². The molecule has 17 N–H and O–H groups in total. The van der Waals surface area contributed by atoms with Crippen molar-refractivity contribution < 1.29 is 101 Å². The molecule has 36 nitrogen and oxygen atoms in total. The van der Waals surface area contributed by atoms with Gasteiger partial charge in [0, 0.05) is 112 Å². The zero-order valence-corrected chi connectivity index (χ0v) is 77.8. The number of hydrogen-bond acceptors (Lipinski definition) is 26. The van der Waals surface area contributed by atoms with Crippen LogP contribution in [0, 0.1) is 5.92 Å². The van der Waals surface area contributed by atoms with Crippen molar-refractivity contribution in [2.45, 2.75) is 209 Å². The van der Waals surface area contributed by atoms with Crippen LogP contribution in [0.15, 0.2) is 121 Å². The van der Waals surface area contributed by atoms with Crippen molar-refractivity contribution in [2.24, 2.45) is 11.7 Å². The molecule has 0 aliphatic carbocycles. The summed E-state index contributed by atoms with van der Waals surface area (Å²) in [7, 11) is 9.80. The molecule has 3 fully saturated rings. The molecule has 9 rings (SSSR count). The molecular formula is C88H118ClN15O21S4. The Morgan fingerprint density at radius 2 is 1.47 bits per heavy atom. The molecule has 5 aromatic rings. The van der Waals surface area contributed by atoms with Crippen molar-refractivity contribution in [3.63, 3.8) is 0 Å². The van der Waals surface area contributed by atoms with E-state index in [4.69, 9.17) is 41.0 Å². The number of alkyl carbamates (subject to hydrolysis) is 1. The van der Waals surface area contributed by atoms with Crippen LogP contribution in [0.25, 0.3) is 10.9 Å². The highest BCUT2D eigenvalue weighted by atomic mass is 35.5. The van der Waals surface area contributed by atoms with Gasteiger partial charge in [-0.05, 0) is 126 Å². The first kappa shape index (κ1) is 102. The predicted octanol–water partition coefficient (Wildman–Crippen LogP) is 4.32. The Bertz CT molecular complexity index is 4850. The van der Waals surface area contributed by atoms with Gasteiger partial charge in [0.15, 0.2) is 5.72 Å². The number of aromatic amines is 1. The number of anilines is 1. The number of halogens is 1. The lowest BCUT2D eigenvalue weighted by Crippen LogP contribution is -2.63. The van der Waals surface area contributed by atoms with Gasteiger partial charge in [0.1, 0.15) is 94.8 Å². The van der Waals surface area contributed by atoms with E-state index in [1.165, 1.54) is 76.2 Å². The third kappa shape index (κ3) is 28.6. The molecule has 4 aliphatic rings. The maximum atomic E-state index is 15.3. The number of carbonyl (C=O) groups is 13. The number of urea groups is 1. The minimum atomic E-state index is -1.96. The molecule has 702 valence electrons. The second-order valence-electron chi connectivity index (χ2n) is 32.3. The summed E-state index contributed by atoms with van der Waals surface area (Å²) in [5, 5.41) is 64.2. The molecule has 0 spiro atoms. The molecule has 0 unspecified atom stereocenters. The summed E-state index contributed by atoms with van der Waals surface area (Å²) < 4.78 is 29.8. The van der Waals surface area contributed by atoms with E-state index in [1.54, 1.807) is 113 Å². The Morgan fingerprint density at radius 1 is 0.798 bits per heavy atom. The number of likely N-dealkylation sites (N-methyl/N-ethyl adjacent to an activating group) is 2. The molecule has 4 aromatic carbocycles. The van der Waals surface area contributed by atoms with Gasteiger partial charge in [-0.2, -0.15) is 0 Å². The number of epoxide rings is 1. The zero-order chi connectivity index (χ0) is 94.0. The Hall–Kier alpha value is -10.3. The Balaban J connectivity index is 0.948. The van der Waals surface area contributed by atoms with Gasteiger partial charge in [-0.3, -0.25) is 53.3 Å². The average Bonchev–Trinajstić information content (AvgIpc) is 1.57. The molecule has 5 heterocycles. The standard InChI is InChI=1S/C88H118ClN15O21S4/c1-12-91-76(109)63(45-127-126-35-33-71(107)103(8)50(5)84(117)124-70-42-72(108)104(9)66-39-54(40-67(121-10)73(66)89)36-48(3)22-21-28-69(122-11)88(120)43-68(123-86(119)102-88)49(4)75-87(70,7)125-75)97-82(115)65-47-129-128-46-64(98-79(112)61(100-85(118)92-13-2)37-52-23-15-14-16-24-52)81(114)95-60(38-53-29-31-56(106)32-30-53)78(111)96-62(41-55-44-93-58-26-18-17-25-57(55)58)80(113)94-59(27-19-20-34-90)77(110)101-74(51(6)105)83(116)99-65/h14-18,21-26,28-32,39-40,44,49-51,59-65,68-70,74-75,93,105-106,120H,12-13,19-20,27,33-38,41-43,45-47,90H2,1-11H3,(H,91,109)(H,94,113)(H,95,114)(H,96,111)(H,97,115)(H,98,112)(H,99,116)(H,101,110)(H,102,119)(H2,92,100,118)/b28-21+,48-22+/t49-,50+,51-,59+,60+,61-,62-,63+,64+,65+,68+,69-,70+,74+,75+,87+,88+/m1/s1. The molecule has 129 heavy (non-hydrogen) atoms. The number of unbranched alkanes of at least 4 members (excludes halogenated alkanes) is 1. The van der Waals surface area contributed by atoms with E-state index in [0.717, 1.165) is 48.7 Å². The number of carbonyl (C=O) groups excluding carboxylic acids is 13. The van der Waals surface area contributed by atoms with Crippen LogP contribution in [-0.2, 0) is 97.4 Å². The number of aliphatic hydroxyl groups is 2. The third-order valence-electron chi connectivity index (χ3n) is 22.7. The van der Waals surface area contributed by atoms with E-state index in [9.17, 15) is 58.5 Å². The number of aliphatic hydroxyl groups excluding tert-OH is 1. The summed E-state index contributed by atoms with van der Waals surface area (Å²) in [5.41, 5.74) is 6.71. The topological polar surface area (TPSA) is 513 Å². The Kier molecular flexibility index (Phi) is 38.6. The van der Waals surface area contributed by atoms with Crippen LogP contribution in [0.3, 0.4) is 0 Å². The normalized spacial score (nSPS) is 25.6. The van der Waals surface area contributed by atoms with Crippen molar-refractivity contribution in [1.29, 1.82) is 0 Å². The summed E-state index contributed by atoms with van der Waals surface area (Å²) in [4.78, 5) is 195. The monoisotopic (exact) mass is 1880 g/mol. The summed E-state index contributed by atoms with van der Waals surface area (Å²) in [5.74, 6) is -10.6. The number of nitrogens with one attached hydrogen (secondary N) is 12. The van der Waals surface area contributed by atoms with Crippen molar-refractivity contribution in [2.75, 3.05) is 75.9 Å². The lowest BCUT2D eigenvalue weighted by Gasteiger charge is -2.42. The maximum Gasteiger partial charge on any atom is 0.409 e. The number of hydrogen-bond donors (Lipinski definition) is 16. The number of aromatic hydroxyl groups is 1. The fourth-order valence-electron chi connectivity index (χ4n) is 15.1. The number of phenolic OH excluding ortho intramolecular Hbond substituents is 1.